The SMILES string of the molecule is Cc1nc(N(C)Cc2nccn2C)ncc1CO. The van der Waals surface area contributed by atoms with Crippen molar-refractivity contribution in [1.82, 2.24) is 19.5 Å². The van der Waals surface area contributed by atoms with Gasteiger partial charge in [-0.25, -0.2) is 15.0 Å². The zero-order chi connectivity index (χ0) is 13.1. The molecule has 6 nitrogen and oxygen atoms in total. The number of aromatic nitrogens is 4. The van der Waals surface area contributed by atoms with Gasteiger partial charge in [0.25, 0.3) is 0 Å². The highest BCUT2D eigenvalue weighted by molar-refractivity contribution is 5.31. The summed E-state index contributed by atoms with van der Waals surface area (Å²) >= 11 is 0. The molecule has 0 fully saturated rings. The Hall–Kier alpha value is -1.95. The molecule has 0 unspecified atom stereocenters. The third-order valence-electron chi connectivity index (χ3n) is 2.88. The minimum absolute atomic E-state index is 0.0325. The molecule has 0 amide bonds. The van der Waals surface area contributed by atoms with E-state index in [1.54, 1.807) is 12.4 Å². The van der Waals surface area contributed by atoms with Gasteiger partial charge >= 0.3 is 0 Å². The lowest BCUT2D eigenvalue weighted by Gasteiger charge is -2.17. The number of anilines is 1. The highest BCUT2D eigenvalue weighted by Crippen LogP contribution is 2.12. The Balaban J connectivity index is 2.16. The van der Waals surface area contributed by atoms with Gasteiger partial charge in [-0.05, 0) is 6.92 Å². The monoisotopic (exact) mass is 247 g/mol. The molecule has 1 N–H and O–H groups in total. The minimum atomic E-state index is -0.0325. The largest absolute Gasteiger partial charge is 0.392 e. The normalized spacial score (nSPS) is 10.7. The molecule has 0 aliphatic heterocycles. The van der Waals surface area contributed by atoms with Gasteiger partial charge in [-0.3, -0.25) is 0 Å². The van der Waals surface area contributed by atoms with Gasteiger partial charge < -0.3 is 14.6 Å². The minimum Gasteiger partial charge on any atom is -0.392 e. The summed E-state index contributed by atoms with van der Waals surface area (Å²) < 4.78 is 1.96. The van der Waals surface area contributed by atoms with E-state index in [1.165, 1.54) is 0 Å². The van der Waals surface area contributed by atoms with E-state index in [0.717, 1.165) is 17.1 Å². The molecule has 6 heteroatoms. The van der Waals surface area contributed by atoms with Crippen LogP contribution in [0.3, 0.4) is 0 Å². The Bertz CT molecular complexity index is 537. The van der Waals surface area contributed by atoms with Crippen molar-refractivity contribution in [2.24, 2.45) is 7.05 Å². The Morgan fingerprint density at radius 1 is 1.39 bits per heavy atom. The number of hydrogen-bond donors (Lipinski definition) is 1. The second-order valence-corrected chi connectivity index (χ2v) is 4.25. The average Bonchev–Trinajstić information content (AvgIpc) is 2.75. The van der Waals surface area contributed by atoms with Crippen LogP contribution in [-0.4, -0.2) is 31.7 Å². The van der Waals surface area contributed by atoms with Gasteiger partial charge in [0, 0.05) is 43.9 Å². The van der Waals surface area contributed by atoms with Crippen molar-refractivity contribution in [2.75, 3.05) is 11.9 Å². The van der Waals surface area contributed by atoms with Gasteiger partial charge in [-0.1, -0.05) is 0 Å². The summed E-state index contributed by atoms with van der Waals surface area (Å²) in [7, 11) is 3.87. The molecule has 0 saturated carbocycles. The first-order valence-corrected chi connectivity index (χ1v) is 5.72. The Kier molecular flexibility index (Phi) is 3.57. The summed E-state index contributed by atoms with van der Waals surface area (Å²) in [4.78, 5) is 14.8. The van der Waals surface area contributed by atoms with Crippen LogP contribution in [0.4, 0.5) is 5.95 Å². The van der Waals surface area contributed by atoms with Crippen molar-refractivity contribution in [1.29, 1.82) is 0 Å². The summed E-state index contributed by atoms with van der Waals surface area (Å²) in [6.45, 7) is 2.47. The standard InChI is InChI=1S/C12H17N5O/c1-9-10(8-18)6-14-12(15-9)17(3)7-11-13-4-5-16(11)2/h4-6,18H,7-8H2,1-3H3. The molecule has 0 spiro atoms. The summed E-state index contributed by atoms with van der Waals surface area (Å²) in [5.74, 6) is 1.58. The zero-order valence-corrected chi connectivity index (χ0v) is 10.8. The molecule has 2 heterocycles. The summed E-state index contributed by atoms with van der Waals surface area (Å²) in [5, 5.41) is 9.08. The van der Waals surface area contributed by atoms with E-state index >= 15 is 0 Å². The average molecular weight is 247 g/mol. The molecule has 0 atom stereocenters. The van der Waals surface area contributed by atoms with E-state index in [0.29, 0.717) is 12.5 Å². The van der Waals surface area contributed by atoms with E-state index < -0.39 is 0 Å². The van der Waals surface area contributed by atoms with E-state index in [2.05, 4.69) is 15.0 Å². The summed E-state index contributed by atoms with van der Waals surface area (Å²) in [5.41, 5.74) is 1.55. The molecule has 0 aliphatic rings. The molecule has 2 aromatic heterocycles. The molecular weight excluding hydrogens is 230 g/mol. The number of aliphatic hydroxyl groups is 1. The number of nitrogens with zero attached hydrogens (tertiary/aromatic N) is 5. The zero-order valence-electron chi connectivity index (χ0n) is 10.8. The maximum absolute atomic E-state index is 9.08. The molecule has 96 valence electrons. The van der Waals surface area contributed by atoms with Gasteiger partial charge in [-0.2, -0.15) is 0 Å². The lowest BCUT2D eigenvalue weighted by atomic mass is 10.2. The lowest BCUT2D eigenvalue weighted by Crippen LogP contribution is -2.21. The maximum atomic E-state index is 9.08. The van der Waals surface area contributed by atoms with Crippen LogP contribution >= 0.6 is 0 Å². The topological polar surface area (TPSA) is 67.1 Å². The van der Waals surface area contributed by atoms with E-state index in [-0.39, 0.29) is 6.61 Å². The Morgan fingerprint density at radius 2 is 2.17 bits per heavy atom. The fourth-order valence-corrected chi connectivity index (χ4v) is 1.65. The Labute approximate surface area is 106 Å². The molecule has 0 bridgehead atoms. The van der Waals surface area contributed by atoms with E-state index in [9.17, 15) is 0 Å². The van der Waals surface area contributed by atoms with Crippen LogP contribution in [0.5, 0.6) is 0 Å². The van der Waals surface area contributed by atoms with Gasteiger partial charge in [0.15, 0.2) is 0 Å². The van der Waals surface area contributed by atoms with E-state index in [4.69, 9.17) is 5.11 Å². The summed E-state index contributed by atoms with van der Waals surface area (Å²) in [6.07, 6.45) is 5.33. The van der Waals surface area contributed by atoms with E-state index in [1.807, 2.05) is 36.7 Å². The van der Waals surface area contributed by atoms with Crippen LogP contribution in [0.1, 0.15) is 17.1 Å². The van der Waals surface area contributed by atoms with Gasteiger partial charge in [-0.15, -0.1) is 0 Å². The maximum Gasteiger partial charge on any atom is 0.225 e. The molecule has 2 aromatic rings. The van der Waals surface area contributed by atoms with Gasteiger partial charge in [0.2, 0.25) is 5.95 Å². The quantitative estimate of drug-likeness (QED) is 0.859. The van der Waals surface area contributed by atoms with Crippen molar-refractivity contribution in [3.63, 3.8) is 0 Å². The highest BCUT2D eigenvalue weighted by atomic mass is 16.3. The first-order valence-electron chi connectivity index (χ1n) is 5.72. The van der Waals surface area contributed by atoms with Crippen LogP contribution in [0.25, 0.3) is 0 Å². The predicted octanol–water partition coefficient (Wildman–Crippen LogP) is 0.647. The number of rotatable bonds is 4. The second kappa shape index (κ2) is 5.14. The third-order valence-corrected chi connectivity index (χ3v) is 2.88. The predicted molar refractivity (Wildman–Crippen MR) is 68.0 cm³/mol. The molecule has 0 aliphatic carbocycles. The molecule has 0 saturated heterocycles. The number of hydrogen-bond acceptors (Lipinski definition) is 5. The van der Waals surface area contributed by atoms with Crippen LogP contribution in [0.15, 0.2) is 18.6 Å². The van der Waals surface area contributed by atoms with Gasteiger partial charge in [0.05, 0.1) is 13.2 Å². The number of aryl methyl sites for hydroxylation is 2. The van der Waals surface area contributed by atoms with Crippen LogP contribution in [0, 0.1) is 6.92 Å². The molecule has 0 radical (unpaired) electrons. The number of imidazole rings is 1. The molecular formula is C12H17N5O. The van der Waals surface area contributed by atoms with Crippen molar-refractivity contribution in [2.45, 2.75) is 20.1 Å². The van der Waals surface area contributed by atoms with Crippen molar-refractivity contribution in [3.05, 3.63) is 35.7 Å². The number of aliphatic hydroxyl groups excluding tert-OH is 1. The van der Waals surface area contributed by atoms with Crippen LogP contribution in [-0.2, 0) is 20.2 Å². The van der Waals surface area contributed by atoms with Crippen LogP contribution < -0.4 is 4.90 Å². The molecule has 0 aromatic carbocycles. The van der Waals surface area contributed by atoms with Gasteiger partial charge in [0.1, 0.15) is 5.82 Å². The first kappa shape index (κ1) is 12.5. The van der Waals surface area contributed by atoms with Crippen molar-refractivity contribution in [3.8, 4) is 0 Å². The molecule has 2 rings (SSSR count). The Morgan fingerprint density at radius 3 is 2.72 bits per heavy atom. The van der Waals surface area contributed by atoms with Crippen molar-refractivity contribution < 1.29 is 5.11 Å². The lowest BCUT2D eigenvalue weighted by molar-refractivity contribution is 0.280. The van der Waals surface area contributed by atoms with Crippen molar-refractivity contribution >= 4 is 5.95 Å². The highest BCUT2D eigenvalue weighted by Gasteiger charge is 2.09. The first-order chi connectivity index (χ1) is 8.61. The second-order valence-electron chi connectivity index (χ2n) is 4.25. The third kappa shape index (κ3) is 2.48. The summed E-state index contributed by atoms with van der Waals surface area (Å²) in [6, 6.07) is 0. The fraction of sp³-hybridized carbons (Fsp3) is 0.417. The smallest absolute Gasteiger partial charge is 0.225 e. The van der Waals surface area contributed by atoms with Crippen LogP contribution in [0.2, 0.25) is 0 Å². The molecule has 18 heavy (non-hydrogen) atoms. The fourth-order valence-electron chi connectivity index (χ4n) is 1.65.